The third kappa shape index (κ3) is 2.97. The van der Waals surface area contributed by atoms with Crippen LogP contribution in [-0.4, -0.2) is 34.7 Å². The van der Waals surface area contributed by atoms with Gasteiger partial charge in [0.15, 0.2) is 0 Å². The number of anilines is 2. The fourth-order valence-corrected chi connectivity index (χ4v) is 0.766. The molecule has 0 aliphatic carbocycles. The Morgan fingerprint density at radius 2 is 2.46 bits per heavy atom. The average molecular weight is 184 g/mol. The number of carbonyl (C=O) groups is 1. The lowest BCUT2D eigenvalue weighted by molar-refractivity contribution is -0.120. The number of aromatic amines is 1. The van der Waals surface area contributed by atoms with E-state index in [1.165, 1.54) is 0 Å². The fraction of sp³-hybridized carbons (Fsp3) is 0.500. The molecule has 0 bridgehead atoms. The summed E-state index contributed by atoms with van der Waals surface area (Å²) in [5, 5.41) is 11.5. The van der Waals surface area contributed by atoms with E-state index in [1.54, 1.807) is 7.05 Å². The Hall–Kier alpha value is -1.79. The van der Waals surface area contributed by atoms with Gasteiger partial charge in [0.2, 0.25) is 17.8 Å². The van der Waals surface area contributed by atoms with Gasteiger partial charge in [-0.05, 0) is 0 Å². The van der Waals surface area contributed by atoms with Crippen molar-refractivity contribution in [1.82, 2.24) is 20.5 Å². The van der Waals surface area contributed by atoms with Gasteiger partial charge in [-0.2, -0.15) is 4.98 Å². The van der Waals surface area contributed by atoms with Crippen molar-refractivity contribution in [3.05, 3.63) is 0 Å². The van der Waals surface area contributed by atoms with Gasteiger partial charge in [0, 0.05) is 20.0 Å². The van der Waals surface area contributed by atoms with E-state index in [2.05, 4.69) is 25.8 Å². The Labute approximate surface area is 75.1 Å². The van der Waals surface area contributed by atoms with Crippen molar-refractivity contribution in [2.24, 2.45) is 0 Å². The largest absolute Gasteiger partial charge is 0.368 e. The number of nitrogens with one attached hydrogen (secondary N) is 3. The molecule has 1 rings (SSSR count). The smallest absolute Gasteiger partial charge is 0.243 e. The Morgan fingerprint density at radius 1 is 1.69 bits per heavy atom. The Morgan fingerprint density at radius 3 is 3.00 bits per heavy atom. The van der Waals surface area contributed by atoms with E-state index in [-0.39, 0.29) is 11.9 Å². The van der Waals surface area contributed by atoms with Crippen LogP contribution in [0.1, 0.15) is 6.42 Å². The molecule has 0 saturated carbocycles. The van der Waals surface area contributed by atoms with Gasteiger partial charge >= 0.3 is 0 Å². The first kappa shape index (κ1) is 9.30. The summed E-state index contributed by atoms with van der Waals surface area (Å²) in [5.74, 6) is 0.625. The van der Waals surface area contributed by atoms with Gasteiger partial charge in [-0.15, -0.1) is 5.10 Å². The number of rotatable bonds is 4. The van der Waals surface area contributed by atoms with Crippen molar-refractivity contribution in [2.45, 2.75) is 6.42 Å². The average Bonchev–Trinajstić information content (AvgIpc) is 2.51. The van der Waals surface area contributed by atoms with Crippen molar-refractivity contribution >= 4 is 17.8 Å². The first-order valence-corrected chi connectivity index (χ1v) is 3.84. The lowest BCUT2D eigenvalue weighted by atomic mass is 10.4. The molecule has 0 atom stereocenters. The Balaban J connectivity index is 2.24. The van der Waals surface area contributed by atoms with Crippen molar-refractivity contribution in [3.8, 4) is 0 Å². The van der Waals surface area contributed by atoms with Crippen molar-refractivity contribution in [3.63, 3.8) is 0 Å². The summed E-state index contributed by atoms with van der Waals surface area (Å²) < 4.78 is 0. The molecule has 0 fully saturated rings. The van der Waals surface area contributed by atoms with E-state index in [9.17, 15) is 4.79 Å². The molecule has 13 heavy (non-hydrogen) atoms. The van der Waals surface area contributed by atoms with Crippen LogP contribution in [0, 0.1) is 0 Å². The van der Waals surface area contributed by atoms with Gasteiger partial charge in [0.05, 0.1) is 0 Å². The second-order valence-corrected chi connectivity index (χ2v) is 2.39. The maximum atomic E-state index is 10.8. The van der Waals surface area contributed by atoms with Gasteiger partial charge in [-0.3, -0.25) is 4.79 Å². The summed E-state index contributed by atoms with van der Waals surface area (Å²) in [6.07, 6.45) is 0.380. The predicted octanol–water partition coefficient (Wildman–Crippen LogP) is -1.07. The lowest BCUT2D eigenvalue weighted by Crippen LogP contribution is -2.21. The van der Waals surface area contributed by atoms with E-state index in [0.717, 1.165) is 0 Å². The van der Waals surface area contributed by atoms with Gasteiger partial charge in [0.1, 0.15) is 0 Å². The maximum Gasteiger partial charge on any atom is 0.243 e. The van der Waals surface area contributed by atoms with Crippen molar-refractivity contribution < 1.29 is 4.79 Å². The summed E-state index contributed by atoms with van der Waals surface area (Å²) in [5.41, 5.74) is 5.29. The highest BCUT2D eigenvalue weighted by Crippen LogP contribution is 1.97. The highest BCUT2D eigenvalue weighted by molar-refractivity contribution is 5.75. The first-order valence-electron chi connectivity index (χ1n) is 3.84. The number of hydrogen-bond donors (Lipinski definition) is 4. The minimum Gasteiger partial charge on any atom is -0.368 e. The third-order valence-corrected chi connectivity index (χ3v) is 1.42. The van der Waals surface area contributed by atoms with Crippen LogP contribution < -0.4 is 16.4 Å². The number of amides is 1. The molecule has 7 heteroatoms. The molecule has 1 aromatic rings. The molecule has 1 aromatic heterocycles. The SMILES string of the molecule is CNC(=O)CCNc1n[nH]c(N)n1. The van der Waals surface area contributed by atoms with Crippen LogP contribution in [0.25, 0.3) is 0 Å². The number of carbonyl (C=O) groups excluding carboxylic acids is 1. The fourth-order valence-electron chi connectivity index (χ4n) is 0.766. The zero-order chi connectivity index (χ0) is 9.68. The topological polar surface area (TPSA) is 109 Å². The minimum atomic E-state index is -0.0315. The maximum absolute atomic E-state index is 10.8. The van der Waals surface area contributed by atoms with Gasteiger partial charge < -0.3 is 16.4 Å². The van der Waals surface area contributed by atoms with E-state index < -0.39 is 0 Å². The highest BCUT2D eigenvalue weighted by atomic mass is 16.1. The molecule has 0 aromatic carbocycles. The number of nitrogens with zero attached hydrogens (tertiary/aromatic N) is 2. The summed E-state index contributed by atoms with van der Waals surface area (Å²) in [6.45, 7) is 0.483. The Bertz CT molecular complexity index is 282. The van der Waals surface area contributed by atoms with Crippen molar-refractivity contribution in [1.29, 1.82) is 0 Å². The quantitative estimate of drug-likeness (QED) is 0.476. The van der Waals surface area contributed by atoms with Crippen LogP contribution in [0.3, 0.4) is 0 Å². The molecule has 72 valence electrons. The molecule has 0 unspecified atom stereocenters. The molecule has 1 amide bonds. The Kier molecular flexibility index (Phi) is 3.07. The lowest BCUT2D eigenvalue weighted by Gasteiger charge is -1.99. The van der Waals surface area contributed by atoms with E-state index in [1.807, 2.05) is 0 Å². The molecule has 7 nitrogen and oxygen atoms in total. The van der Waals surface area contributed by atoms with E-state index >= 15 is 0 Å². The summed E-state index contributed by atoms with van der Waals surface area (Å²) in [7, 11) is 1.59. The molecule has 0 radical (unpaired) electrons. The van der Waals surface area contributed by atoms with Gasteiger partial charge in [-0.1, -0.05) is 0 Å². The van der Waals surface area contributed by atoms with E-state index in [0.29, 0.717) is 18.9 Å². The summed E-state index contributed by atoms with van der Waals surface area (Å²) in [6, 6.07) is 0. The monoisotopic (exact) mass is 184 g/mol. The zero-order valence-electron chi connectivity index (χ0n) is 7.29. The van der Waals surface area contributed by atoms with Crippen LogP contribution in [0.5, 0.6) is 0 Å². The van der Waals surface area contributed by atoms with Crippen LogP contribution in [0.15, 0.2) is 0 Å². The molecule has 1 heterocycles. The number of nitrogen functional groups attached to an aromatic ring is 1. The molecular weight excluding hydrogens is 172 g/mol. The number of H-pyrrole nitrogens is 1. The molecular formula is C6H12N6O. The van der Waals surface area contributed by atoms with Gasteiger partial charge in [-0.25, -0.2) is 5.10 Å². The van der Waals surface area contributed by atoms with Crippen LogP contribution in [0.2, 0.25) is 0 Å². The van der Waals surface area contributed by atoms with E-state index in [4.69, 9.17) is 5.73 Å². The number of nitrogens with two attached hydrogens (primary N) is 1. The molecule has 0 saturated heterocycles. The van der Waals surface area contributed by atoms with Gasteiger partial charge in [0.25, 0.3) is 0 Å². The summed E-state index contributed by atoms with van der Waals surface area (Å²) >= 11 is 0. The zero-order valence-corrected chi connectivity index (χ0v) is 7.29. The molecule has 0 aliphatic rings. The third-order valence-electron chi connectivity index (χ3n) is 1.42. The standard InChI is InChI=1S/C6H12N6O/c1-8-4(13)2-3-9-6-10-5(7)11-12-6/h2-3H2,1H3,(H,8,13)(H4,7,9,10,11,12). The molecule has 5 N–H and O–H groups in total. The number of hydrogen-bond acceptors (Lipinski definition) is 5. The minimum absolute atomic E-state index is 0.0315. The molecule has 0 aliphatic heterocycles. The van der Waals surface area contributed by atoms with Crippen LogP contribution in [0.4, 0.5) is 11.9 Å². The van der Waals surface area contributed by atoms with Crippen LogP contribution >= 0.6 is 0 Å². The van der Waals surface area contributed by atoms with Crippen LogP contribution in [-0.2, 0) is 4.79 Å². The second kappa shape index (κ2) is 4.29. The number of aromatic nitrogens is 3. The molecule has 0 spiro atoms. The summed E-state index contributed by atoms with van der Waals surface area (Å²) in [4.78, 5) is 14.6. The highest BCUT2D eigenvalue weighted by Gasteiger charge is 2.00. The van der Waals surface area contributed by atoms with Crippen molar-refractivity contribution in [2.75, 3.05) is 24.6 Å². The normalized spacial score (nSPS) is 9.62. The first-order chi connectivity index (χ1) is 6.22. The predicted molar refractivity (Wildman–Crippen MR) is 48.0 cm³/mol. The second-order valence-electron chi connectivity index (χ2n) is 2.39.